The van der Waals surface area contributed by atoms with E-state index in [0.717, 1.165) is 16.2 Å². The summed E-state index contributed by atoms with van der Waals surface area (Å²) in [6.07, 6.45) is 6.28. The predicted molar refractivity (Wildman–Crippen MR) is 119 cm³/mol. The van der Waals surface area contributed by atoms with Crippen LogP contribution in [-0.2, 0) is 20.1 Å². The Morgan fingerprint density at radius 2 is 2.06 bits per heavy atom. The van der Waals surface area contributed by atoms with Gasteiger partial charge in [-0.1, -0.05) is 24.3 Å². The van der Waals surface area contributed by atoms with E-state index in [2.05, 4.69) is 4.98 Å². The number of benzene rings is 1. The lowest BCUT2D eigenvalue weighted by Gasteiger charge is -2.14. The van der Waals surface area contributed by atoms with Crippen LogP contribution in [-0.4, -0.2) is 35.8 Å². The van der Waals surface area contributed by atoms with Gasteiger partial charge in [-0.3, -0.25) is 18.5 Å². The summed E-state index contributed by atoms with van der Waals surface area (Å²) >= 11 is 6.10. The van der Waals surface area contributed by atoms with Crippen LogP contribution < -0.4 is 16.0 Å². The van der Waals surface area contributed by atoms with E-state index in [-0.39, 0.29) is 48.7 Å². The van der Waals surface area contributed by atoms with Crippen molar-refractivity contribution in [2.45, 2.75) is 31.3 Å². The van der Waals surface area contributed by atoms with Crippen LogP contribution in [0.2, 0.25) is 0 Å². The molecule has 174 valence electrons. The molecule has 4 rings (SSSR count). The number of aromatic nitrogens is 4. The van der Waals surface area contributed by atoms with Crippen molar-refractivity contribution in [2.75, 3.05) is 6.61 Å². The lowest BCUT2D eigenvalue weighted by Crippen LogP contribution is -2.40. The second kappa shape index (κ2) is 9.32. The summed E-state index contributed by atoms with van der Waals surface area (Å²) in [7, 11) is 1.45. The normalized spacial score (nSPS) is 15.8. The van der Waals surface area contributed by atoms with Gasteiger partial charge in [0.1, 0.15) is 0 Å². The van der Waals surface area contributed by atoms with Crippen molar-refractivity contribution in [1.29, 1.82) is 0 Å². The van der Waals surface area contributed by atoms with Gasteiger partial charge in [-0.25, -0.2) is 9.18 Å². The van der Waals surface area contributed by atoms with E-state index >= 15 is 0 Å². The van der Waals surface area contributed by atoms with E-state index < -0.39 is 28.6 Å². The van der Waals surface area contributed by atoms with Gasteiger partial charge >= 0.3 is 11.7 Å². The predicted octanol–water partition coefficient (Wildman–Crippen LogP) is 2.84. The van der Waals surface area contributed by atoms with Gasteiger partial charge < -0.3 is 9.84 Å². The van der Waals surface area contributed by atoms with E-state index in [0.29, 0.717) is 6.42 Å². The molecular weight excluding hydrogens is 458 g/mol. The van der Waals surface area contributed by atoms with Crippen LogP contribution in [0.15, 0.2) is 51.6 Å². The Balaban J connectivity index is 1.92. The highest BCUT2D eigenvalue weighted by Gasteiger charge is 2.23. The molecular formula is C22H21ClF2N4O4. The van der Waals surface area contributed by atoms with Gasteiger partial charge in [-0.05, 0) is 30.5 Å². The fourth-order valence-corrected chi connectivity index (χ4v) is 3.76. The molecule has 3 aromatic rings. The maximum atomic E-state index is 14.3. The number of aryl methyl sites for hydroxylation is 1. The van der Waals surface area contributed by atoms with Gasteiger partial charge in [0.25, 0.3) is 5.56 Å². The minimum atomic E-state index is -1.20. The second-order valence-corrected chi connectivity index (χ2v) is 8.13. The Morgan fingerprint density at radius 1 is 1.27 bits per heavy atom. The Morgan fingerprint density at radius 3 is 2.76 bits per heavy atom. The third-order valence-electron chi connectivity index (χ3n) is 5.32. The number of imidazole rings is 1. The smallest absolute Gasteiger partial charge is 0.332 e. The van der Waals surface area contributed by atoms with Gasteiger partial charge in [0.2, 0.25) is 5.82 Å². The van der Waals surface area contributed by atoms with Crippen molar-refractivity contribution < 1.29 is 18.6 Å². The highest BCUT2D eigenvalue weighted by molar-refractivity contribution is 6.22. The first-order valence-electron chi connectivity index (χ1n) is 10.3. The molecule has 11 heteroatoms. The fraction of sp³-hybridized carbons (Fsp3) is 0.318. The first-order valence-corrected chi connectivity index (χ1v) is 10.7. The number of fused-ring (bicyclic) bond motifs is 1. The first kappa shape index (κ1) is 22.9. The van der Waals surface area contributed by atoms with E-state index in [4.69, 9.17) is 21.4 Å². The maximum Gasteiger partial charge on any atom is 0.332 e. The molecule has 0 spiro atoms. The molecule has 1 N–H and O–H groups in total. The van der Waals surface area contributed by atoms with Crippen LogP contribution in [0.1, 0.15) is 12.8 Å². The number of halogens is 3. The number of hydrogen-bond acceptors (Lipinski definition) is 5. The molecule has 0 saturated carbocycles. The minimum Gasteiger partial charge on any atom is -0.422 e. The molecule has 1 unspecified atom stereocenters. The number of ether oxygens (including phenoxy) is 1. The van der Waals surface area contributed by atoms with E-state index in [1.54, 1.807) is 12.2 Å². The number of allylic oxidation sites excluding steroid dienone is 4. The summed E-state index contributed by atoms with van der Waals surface area (Å²) in [5.74, 6) is -2.71. The van der Waals surface area contributed by atoms with Crippen molar-refractivity contribution in [1.82, 2.24) is 18.7 Å². The third kappa shape index (κ3) is 4.36. The molecule has 0 aliphatic heterocycles. The molecule has 1 aliphatic rings. The van der Waals surface area contributed by atoms with Gasteiger partial charge in [0.15, 0.2) is 22.7 Å². The molecule has 2 aromatic heterocycles. The fourth-order valence-electron chi connectivity index (χ4n) is 3.60. The topological polar surface area (TPSA) is 91.3 Å². The molecule has 1 atom stereocenters. The molecule has 0 saturated heterocycles. The highest BCUT2D eigenvalue weighted by Crippen LogP contribution is 2.29. The van der Waals surface area contributed by atoms with Crippen LogP contribution in [0.4, 0.5) is 8.78 Å². The molecule has 0 amide bonds. The SMILES string of the molecule is Cn1c(=O)n(CCCO)c(=O)c2c1nc(Oc1cccc(F)c1F)n2CC1=CCC(Cl)C=C1. The van der Waals surface area contributed by atoms with Gasteiger partial charge in [-0.2, -0.15) is 9.37 Å². The summed E-state index contributed by atoms with van der Waals surface area (Å²) in [6, 6.07) is 3.29. The second-order valence-electron chi connectivity index (χ2n) is 7.57. The number of aliphatic hydroxyl groups is 1. The average molecular weight is 479 g/mol. The van der Waals surface area contributed by atoms with Crippen LogP contribution >= 0.6 is 11.6 Å². The van der Waals surface area contributed by atoms with Crippen LogP contribution in [0.25, 0.3) is 11.2 Å². The van der Waals surface area contributed by atoms with Crippen molar-refractivity contribution in [3.05, 3.63) is 74.5 Å². The molecule has 33 heavy (non-hydrogen) atoms. The summed E-state index contributed by atoms with van der Waals surface area (Å²) in [5.41, 5.74) is -0.349. The van der Waals surface area contributed by atoms with Gasteiger partial charge in [-0.15, -0.1) is 11.6 Å². The Labute approximate surface area is 191 Å². The summed E-state index contributed by atoms with van der Waals surface area (Å²) in [5, 5.41) is 9.00. The summed E-state index contributed by atoms with van der Waals surface area (Å²) in [6.45, 7) is -0.0674. The summed E-state index contributed by atoms with van der Waals surface area (Å²) in [4.78, 5) is 30.3. The first-order chi connectivity index (χ1) is 15.8. The van der Waals surface area contributed by atoms with Crippen molar-refractivity contribution >= 4 is 22.8 Å². The number of hydrogen-bond donors (Lipinski definition) is 1. The molecule has 2 heterocycles. The van der Waals surface area contributed by atoms with Gasteiger partial charge in [0, 0.05) is 20.2 Å². The largest absolute Gasteiger partial charge is 0.422 e. The van der Waals surface area contributed by atoms with Crippen molar-refractivity contribution in [3.63, 3.8) is 0 Å². The van der Waals surface area contributed by atoms with E-state index in [1.807, 2.05) is 6.08 Å². The Kier molecular flexibility index (Phi) is 6.48. The Bertz CT molecular complexity index is 1390. The lowest BCUT2D eigenvalue weighted by atomic mass is 10.1. The zero-order valence-electron chi connectivity index (χ0n) is 17.7. The molecule has 0 radical (unpaired) electrons. The van der Waals surface area contributed by atoms with E-state index in [9.17, 15) is 18.4 Å². The number of rotatable bonds is 7. The summed E-state index contributed by atoms with van der Waals surface area (Å²) < 4.78 is 37.2. The standard InChI is InChI=1S/C22H21ClF2N4O4/c1-27-19-18(20(31)28(22(27)32)10-3-11-30)29(12-13-6-8-14(23)9-7-13)21(26-19)33-16-5-2-4-15(24)17(16)25/h2,4-8,14,30H,3,9-12H2,1H3. The Hall–Kier alpha value is -3.24. The maximum absolute atomic E-state index is 14.3. The molecule has 1 aliphatic carbocycles. The molecule has 0 bridgehead atoms. The van der Waals surface area contributed by atoms with Crippen LogP contribution in [0.5, 0.6) is 11.8 Å². The monoisotopic (exact) mass is 478 g/mol. The van der Waals surface area contributed by atoms with Crippen molar-refractivity contribution in [2.24, 2.45) is 7.05 Å². The minimum absolute atomic E-state index is 0.00830. The number of nitrogens with zero attached hydrogens (tertiary/aromatic N) is 4. The highest BCUT2D eigenvalue weighted by atomic mass is 35.5. The zero-order valence-corrected chi connectivity index (χ0v) is 18.4. The number of aliphatic hydroxyl groups excluding tert-OH is 1. The van der Waals surface area contributed by atoms with Crippen molar-refractivity contribution in [3.8, 4) is 11.8 Å². The van der Waals surface area contributed by atoms with Crippen LogP contribution in [0.3, 0.4) is 0 Å². The molecule has 8 nitrogen and oxygen atoms in total. The average Bonchev–Trinajstić information content (AvgIpc) is 3.15. The lowest BCUT2D eigenvalue weighted by molar-refractivity contribution is 0.277. The van der Waals surface area contributed by atoms with Crippen LogP contribution in [0, 0.1) is 11.6 Å². The molecule has 1 aromatic carbocycles. The zero-order chi connectivity index (χ0) is 23.7. The number of alkyl halides is 1. The van der Waals surface area contributed by atoms with Gasteiger partial charge in [0.05, 0.1) is 11.9 Å². The quantitative estimate of drug-likeness (QED) is 0.527. The van der Waals surface area contributed by atoms with E-state index in [1.165, 1.54) is 28.3 Å². The third-order valence-corrected chi connectivity index (χ3v) is 5.64. The molecule has 0 fully saturated rings.